The molecule has 150 valence electrons. The smallest absolute Gasteiger partial charge is 0.317 e. The highest BCUT2D eigenvalue weighted by Crippen LogP contribution is 2.31. The molecule has 0 fully saturated rings. The molecule has 1 aliphatic heterocycles. The summed E-state index contributed by atoms with van der Waals surface area (Å²) < 4.78 is 5.26. The van der Waals surface area contributed by atoms with E-state index in [1.165, 1.54) is 0 Å². The van der Waals surface area contributed by atoms with Gasteiger partial charge in [-0.3, -0.25) is 4.79 Å². The summed E-state index contributed by atoms with van der Waals surface area (Å²) in [4.78, 5) is 29.9. The standard InChI is InChI=1S/C21H22N4O4/c22-20-24-17-9-13(5-6-18(17)29-20)11-23-21(28)25-8-7-14(10-19(26)27)16-4-2-1-3-15(16)12-25/h1-6,9,14H,7-8,10-12H2,(H2,22,24)(H,23,28)(H,26,27). The number of nitrogens with one attached hydrogen (secondary N) is 1. The number of aliphatic carboxylic acids is 1. The molecule has 29 heavy (non-hydrogen) atoms. The van der Waals surface area contributed by atoms with Gasteiger partial charge in [-0.25, -0.2) is 4.79 Å². The van der Waals surface area contributed by atoms with Gasteiger partial charge in [-0.05, 0) is 41.2 Å². The number of nitrogens with zero attached hydrogens (tertiary/aromatic N) is 2. The molecule has 8 nitrogen and oxygen atoms in total. The molecule has 2 aromatic carbocycles. The Labute approximate surface area is 167 Å². The van der Waals surface area contributed by atoms with Gasteiger partial charge in [-0.15, -0.1) is 0 Å². The van der Waals surface area contributed by atoms with E-state index in [1.807, 2.05) is 36.4 Å². The van der Waals surface area contributed by atoms with E-state index in [9.17, 15) is 14.7 Å². The van der Waals surface area contributed by atoms with E-state index in [2.05, 4.69) is 10.3 Å². The van der Waals surface area contributed by atoms with Crippen molar-refractivity contribution in [3.8, 4) is 0 Å². The number of aromatic nitrogens is 1. The lowest BCUT2D eigenvalue weighted by Crippen LogP contribution is -2.39. The summed E-state index contributed by atoms with van der Waals surface area (Å²) in [5.41, 5.74) is 9.71. The van der Waals surface area contributed by atoms with Gasteiger partial charge in [-0.1, -0.05) is 30.3 Å². The number of carboxylic acid groups (broad SMARTS) is 1. The van der Waals surface area contributed by atoms with Gasteiger partial charge in [0.1, 0.15) is 5.52 Å². The number of hydrogen-bond donors (Lipinski definition) is 3. The summed E-state index contributed by atoms with van der Waals surface area (Å²) in [7, 11) is 0. The maximum atomic E-state index is 12.8. The molecule has 3 aromatic rings. The summed E-state index contributed by atoms with van der Waals surface area (Å²) in [5.74, 6) is -0.923. The first-order valence-electron chi connectivity index (χ1n) is 9.47. The zero-order valence-corrected chi connectivity index (χ0v) is 15.8. The van der Waals surface area contributed by atoms with Gasteiger partial charge in [0.25, 0.3) is 6.01 Å². The zero-order valence-electron chi connectivity index (χ0n) is 15.8. The normalized spacial score (nSPS) is 16.3. The van der Waals surface area contributed by atoms with E-state index >= 15 is 0 Å². The first kappa shape index (κ1) is 18.8. The Bertz CT molecular complexity index is 1060. The zero-order chi connectivity index (χ0) is 20.4. The molecule has 0 saturated carbocycles. The summed E-state index contributed by atoms with van der Waals surface area (Å²) in [6, 6.07) is 13.1. The molecule has 0 aliphatic carbocycles. The monoisotopic (exact) mass is 394 g/mol. The molecular formula is C21H22N4O4. The number of urea groups is 1. The van der Waals surface area contributed by atoms with E-state index in [0.717, 1.165) is 16.7 Å². The fraction of sp³-hybridized carbons (Fsp3) is 0.286. The fourth-order valence-electron chi connectivity index (χ4n) is 3.81. The first-order chi connectivity index (χ1) is 14.0. The van der Waals surface area contributed by atoms with Gasteiger partial charge in [0.05, 0.1) is 6.42 Å². The van der Waals surface area contributed by atoms with Crippen molar-refractivity contribution in [3.05, 3.63) is 59.2 Å². The van der Waals surface area contributed by atoms with Crippen molar-refractivity contribution in [2.45, 2.75) is 31.8 Å². The molecule has 2 amide bonds. The SMILES string of the molecule is Nc1nc2cc(CNC(=O)N3CCC(CC(=O)O)c4ccccc4C3)ccc2o1. The highest BCUT2D eigenvalue weighted by Gasteiger charge is 2.26. The number of carbonyl (C=O) groups is 2. The third-order valence-electron chi connectivity index (χ3n) is 5.22. The fourth-order valence-corrected chi connectivity index (χ4v) is 3.81. The van der Waals surface area contributed by atoms with Crippen molar-refractivity contribution in [1.82, 2.24) is 15.2 Å². The highest BCUT2D eigenvalue weighted by molar-refractivity contribution is 5.76. The van der Waals surface area contributed by atoms with Crippen LogP contribution < -0.4 is 11.1 Å². The Kier molecular flexibility index (Phi) is 5.07. The molecular weight excluding hydrogens is 372 g/mol. The van der Waals surface area contributed by atoms with E-state index < -0.39 is 5.97 Å². The lowest BCUT2D eigenvalue weighted by Gasteiger charge is -2.21. The van der Waals surface area contributed by atoms with Crippen LogP contribution in [-0.4, -0.2) is 33.5 Å². The van der Waals surface area contributed by atoms with Crippen LogP contribution in [0.3, 0.4) is 0 Å². The van der Waals surface area contributed by atoms with Crippen molar-refractivity contribution < 1.29 is 19.1 Å². The summed E-state index contributed by atoms with van der Waals surface area (Å²) in [5, 5.41) is 12.2. The van der Waals surface area contributed by atoms with Crippen LogP contribution in [0.15, 0.2) is 46.9 Å². The highest BCUT2D eigenvalue weighted by atomic mass is 16.4. The number of fused-ring (bicyclic) bond motifs is 2. The van der Waals surface area contributed by atoms with E-state index in [-0.39, 0.29) is 24.4 Å². The van der Waals surface area contributed by atoms with Crippen molar-refractivity contribution in [3.63, 3.8) is 0 Å². The van der Waals surface area contributed by atoms with Crippen LogP contribution in [0.2, 0.25) is 0 Å². The summed E-state index contributed by atoms with van der Waals surface area (Å²) in [6.45, 7) is 1.30. The second-order valence-corrected chi connectivity index (χ2v) is 7.22. The van der Waals surface area contributed by atoms with Crippen molar-refractivity contribution in [2.24, 2.45) is 0 Å². The maximum absolute atomic E-state index is 12.8. The molecule has 4 rings (SSSR count). The molecule has 0 spiro atoms. The number of carbonyl (C=O) groups excluding carboxylic acids is 1. The molecule has 4 N–H and O–H groups in total. The van der Waals surface area contributed by atoms with E-state index in [1.54, 1.807) is 11.0 Å². The minimum Gasteiger partial charge on any atom is -0.481 e. The molecule has 0 saturated heterocycles. The van der Waals surface area contributed by atoms with Crippen LogP contribution in [0, 0.1) is 0 Å². The van der Waals surface area contributed by atoms with Gasteiger partial charge in [0.15, 0.2) is 5.58 Å². The molecule has 1 unspecified atom stereocenters. The number of oxazole rings is 1. The van der Waals surface area contributed by atoms with Gasteiger partial charge < -0.3 is 25.5 Å². The molecule has 0 radical (unpaired) electrons. The van der Waals surface area contributed by atoms with E-state index in [0.29, 0.717) is 37.2 Å². The average molecular weight is 394 g/mol. The van der Waals surface area contributed by atoms with E-state index in [4.69, 9.17) is 10.2 Å². The van der Waals surface area contributed by atoms with Crippen LogP contribution in [0.4, 0.5) is 10.8 Å². The second-order valence-electron chi connectivity index (χ2n) is 7.22. The predicted molar refractivity (Wildman–Crippen MR) is 107 cm³/mol. The summed E-state index contributed by atoms with van der Waals surface area (Å²) in [6.07, 6.45) is 0.675. The van der Waals surface area contributed by atoms with Crippen LogP contribution in [0.5, 0.6) is 0 Å². The van der Waals surface area contributed by atoms with Crippen molar-refractivity contribution in [1.29, 1.82) is 0 Å². The maximum Gasteiger partial charge on any atom is 0.317 e. The molecule has 8 heteroatoms. The molecule has 1 aliphatic rings. The number of carboxylic acids is 1. The molecule has 0 bridgehead atoms. The Morgan fingerprint density at radius 3 is 2.93 bits per heavy atom. The van der Waals surface area contributed by atoms with Crippen molar-refractivity contribution >= 4 is 29.1 Å². The Morgan fingerprint density at radius 1 is 1.28 bits per heavy atom. The summed E-state index contributed by atoms with van der Waals surface area (Å²) >= 11 is 0. The number of amides is 2. The molecule has 2 heterocycles. The Hall–Kier alpha value is -3.55. The molecule has 1 aromatic heterocycles. The van der Waals surface area contributed by atoms with Gasteiger partial charge in [0, 0.05) is 19.6 Å². The topological polar surface area (TPSA) is 122 Å². The lowest BCUT2D eigenvalue weighted by molar-refractivity contribution is -0.137. The number of anilines is 1. The number of nitrogens with two attached hydrogens (primary N) is 1. The molecule has 1 atom stereocenters. The van der Waals surface area contributed by atoms with Crippen LogP contribution >= 0.6 is 0 Å². The predicted octanol–water partition coefficient (Wildman–Crippen LogP) is 3.08. The minimum atomic E-state index is -0.827. The Balaban J connectivity index is 1.45. The van der Waals surface area contributed by atoms with Crippen molar-refractivity contribution in [2.75, 3.05) is 12.3 Å². The third-order valence-corrected chi connectivity index (χ3v) is 5.22. The quantitative estimate of drug-likeness (QED) is 0.625. The number of hydrogen-bond acceptors (Lipinski definition) is 5. The Morgan fingerprint density at radius 2 is 2.10 bits per heavy atom. The third kappa shape index (κ3) is 4.16. The second kappa shape index (κ2) is 7.83. The van der Waals surface area contributed by atoms with Gasteiger partial charge in [-0.2, -0.15) is 4.98 Å². The van der Waals surface area contributed by atoms with Crippen LogP contribution in [0.1, 0.15) is 35.4 Å². The number of nitrogen functional groups attached to an aromatic ring is 1. The number of benzene rings is 2. The average Bonchev–Trinajstić information content (AvgIpc) is 2.97. The minimum absolute atomic E-state index is 0.0628. The van der Waals surface area contributed by atoms with Crippen LogP contribution in [0.25, 0.3) is 11.1 Å². The largest absolute Gasteiger partial charge is 0.481 e. The number of rotatable bonds is 4. The van der Waals surface area contributed by atoms with Gasteiger partial charge >= 0.3 is 12.0 Å². The van der Waals surface area contributed by atoms with Gasteiger partial charge in [0.2, 0.25) is 0 Å². The first-order valence-corrected chi connectivity index (χ1v) is 9.47. The lowest BCUT2D eigenvalue weighted by atomic mass is 9.90. The van der Waals surface area contributed by atoms with Crippen LogP contribution in [-0.2, 0) is 17.9 Å².